The van der Waals surface area contributed by atoms with Crippen LogP contribution in [0.1, 0.15) is 239 Å². The average molecular weight is 668 g/mol. The fourth-order valence-corrected chi connectivity index (χ4v) is 6.84. The van der Waals surface area contributed by atoms with E-state index in [2.05, 4.69) is 19.2 Å². The smallest absolute Gasteiger partial charge is 0.249 e. The summed E-state index contributed by atoms with van der Waals surface area (Å²) < 4.78 is 0. The molecule has 0 saturated carbocycles. The normalized spacial score (nSPS) is 13.6. The lowest BCUT2D eigenvalue weighted by atomic mass is 10.0. The van der Waals surface area contributed by atoms with Crippen LogP contribution in [0.2, 0.25) is 0 Å². The van der Waals surface area contributed by atoms with Gasteiger partial charge < -0.3 is 20.6 Å². The summed E-state index contributed by atoms with van der Waals surface area (Å²) in [6.07, 6.45) is 42.6. The van der Waals surface area contributed by atoms with Crippen molar-refractivity contribution in [2.75, 3.05) is 6.61 Å². The van der Waals surface area contributed by atoms with E-state index >= 15 is 0 Å². The largest absolute Gasteiger partial charge is 0.394 e. The summed E-state index contributed by atoms with van der Waals surface area (Å²) in [6.45, 7) is 4.22. The zero-order chi connectivity index (χ0) is 34.5. The first-order valence-corrected chi connectivity index (χ1v) is 21.3. The molecule has 0 heterocycles. The van der Waals surface area contributed by atoms with E-state index in [4.69, 9.17) is 0 Å². The van der Waals surface area contributed by atoms with Crippen LogP contribution in [0.4, 0.5) is 0 Å². The van der Waals surface area contributed by atoms with Crippen LogP contribution in [-0.2, 0) is 4.79 Å². The van der Waals surface area contributed by atoms with Crippen LogP contribution in [-0.4, -0.2) is 46.1 Å². The van der Waals surface area contributed by atoms with Crippen molar-refractivity contribution in [1.82, 2.24) is 5.32 Å². The number of nitrogens with one attached hydrogen (secondary N) is 1. The second-order valence-corrected chi connectivity index (χ2v) is 14.9. The van der Waals surface area contributed by atoms with Crippen molar-refractivity contribution in [2.45, 2.75) is 257 Å². The van der Waals surface area contributed by atoms with E-state index in [9.17, 15) is 20.1 Å². The number of hydrogen-bond donors (Lipinski definition) is 4. The molecule has 47 heavy (non-hydrogen) atoms. The molecule has 0 aliphatic heterocycles. The van der Waals surface area contributed by atoms with E-state index in [1.807, 2.05) is 0 Å². The first kappa shape index (κ1) is 46.4. The molecule has 3 unspecified atom stereocenters. The molecule has 282 valence electrons. The SMILES string of the molecule is CCCCCCCCCCCCCCCCCCCCCCCCCCC(O)C(CO)NC(=O)C(O)CCCCCCCCCCC. The second-order valence-electron chi connectivity index (χ2n) is 14.9. The Kier molecular flexibility index (Phi) is 37.6. The van der Waals surface area contributed by atoms with Gasteiger partial charge in [-0.1, -0.05) is 226 Å². The first-order chi connectivity index (χ1) is 23.1. The van der Waals surface area contributed by atoms with Gasteiger partial charge in [-0.3, -0.25) is 4.79 Å². The van der Waals surface area contributed by atoms with E-state index in [-0.39, 0.29) is 6.61 Å². The Morgan fingerprint density at radius 2 is 0.681 bits per heavy atom. The Labute approximate surface area is 294 Å². The molecule has 0 rings (SSSR count). The highest BCUT2D eigenvalue weighted by atomic mass is 16.3. The average Bonchev–Trinajstić information content (AvgIpc) is 3.07. The Bertz CT molecular complexity index is 615. The van der Waals surface area contributed by atoms with Gasteiger partial charge in [0.1, 0.15) is 6.10 Å². The Hall–Kier alpha value is -0.650. The molecule has 0 aromatic carbocycles. The number of rotatable bonds is 39. The van der Waals surface area contributed by atoms with Crippen LogP contribution in [0.3, 0.4) is 0 Å². The number of amides is 1. The van der Waals surface area contributed by atoms with E-state index < -0.39 is 24.2 Å². The second kappa shape index (κ2) is 38.2. The summed E-state index contributed by atoms with van der Waals surface area (Å²) in [5.74, 6) is -0.470. The first-order valence-electron chi connectivity index (χ1n) is 21.3. The van der Waals surface area contributed by atoms with Crippen LogP contribution < -0.4 is 5.32 Å². The van der Waals surface area contributed by atoms with Crippen molar-refractivity contribution >= 4 is 5.91 Å². The van der Waals surface area contributed by atoms with Crippen molar-refractivity contribution in [3.8, 4) is 0 Å². The lowest BCUT2D eigenvalue weighted by Crippen LogP contribution is -2.49. The third-order valence-electron chi connectivity index (χ3n) is 10.2. The molecular weight excluding hydrogens is 582 g/mol. The van der Waals surface area contributed by atoms with Crippen LogP contribution in [0.25, 0.3) is 0 Å². The van der Waals surface area contributed by atoms with Crippen LogP contribution in [0.15, 0.2) is 0 Å². The zero-order valence-electron chi connectivity index (χ0n) is 31.9. The van der Waals surface area contributed by atoms with E-state index in [0.29, 0.717) is 12.8 Å². The fourth-order valence-electron chi connectivity index (χ4n) is 6.84. The maximum absolute atomic E-state index is 12.4. The molecule has 0 radical (unpaired) electrons. The van der Waals surface area contributed by atoms with E-state index in [1.165, 1.54) is 180 Å². The summed E-state index contributed by atoms with van der Waals surface area (Å²) in [5.41, 5.74) is 0. The molecule has 3 atom stereocenters. The molecule has 0 aliphatic rings. The Morgan fingerprint density at radius 3 is 0.957 bits per heavy atom. The molecule has 0 fully saturated rings. The number of aliphatic hydroxyl groups is 3. The Balaban J connectivity index is 3.51. The molecule has 0 aromatic heterocycles. The number of unbranched alkanes of at least 4 members (excludes halogenated alkanes) is 31. The molecule has 1 amide bonds. The molecule has 0 spiro atoms. The van der Waals surface area contributed by atoms with Crippen molar-refractivity contribution < 1.29 is 20.1 Å². The van der Waals surface area contributed by atoms with Crippen LogP contribution in [0.5, 0.6) is 0 Å². The van der Waals surface area contributed by atoms with Crippen molar-refractivity contribution in [1.29, 1.82) is 0 Å². The molecule has 0 saturated heterocycles. The van der Waals surface area contributed by atoms with Gasteiger partial charge in [-0.05, 0) is 12.8 Å². The molecular formula is C42H85NO4. The van der Waals surface area contributed by atoms with Crippen LogP contribution in [0, 0.1) is 0 Å². The zero-order valence-corrected chi connectivity index (χ0v) is 31.9. The number of carbonyl (C=O) groups is 1. The summed E-state index contributed by atoms with van der Waals surface area (Å²) in [5, 5.41) is 33.1. The van der Waals surface area contributed by atoms with Gasteiger partial charge in [0.25, 0.3) is 0 Å². The summed E-state index contributed by atoms with van der Waals surface area (Å²) in [6, 6.07) is -0.704. The van der Waals surface area contributed by atoms with Gasteiger partial charge >= 0.3 is 0 Å². The van der Waals surface area contributed by atoms with Crippen LogP contribution >= 0.6 is 0 Å². The van der Waals surface area contributed by atoms with Crippen molar-refractivity contribution in [3.05, 3.63) is 0 Å². The Morgan fingerprint density at radius 1 is 0.426 bits per heavy atom. The third-order valence-corrected chi connectivity index (χ3v) is 10.2. The summed E-state index contributed by atoms with van der Waals surface area (Å²) in [7, 11) is 0. The highest BCUT2D eigenvalue weighted by Gasteiger charge is 2.23. The van der Waals surface area contributed by atoms with Crippen molar-refractivity contribution in [3.63, 3.8) is 0 Å². The molecule has 0 aromatic rings. The van der Waals surface area contributed by atoms with Gasteiger partial charge in [-0.2, -0.15) is 0 Å². The molecule has 5 heteroatoms. The molecule has 4 N–H and O–H groups in total. The van der Waals surface area contributed by atoms with E-state index in [1.54, 1.807) is 0 Å². The monoisotopic (exact) mass is 668 g/mol. The van der Waals surface area contributed by atoms with Gasteiger partial charge in [-0.15, -0.1) is 0 Å². The maximum atomic E-state index is 12.4. The molecule has 0 aliphatic carbocycles. The minimum atomic E-state index is -1.06. The number of carbonyl (C=O) groups excluding carboxylic acids is 1. The summed E-state index contributed by atoms with van der Waals surface area (Å²) >= 11 is 0. The number of hydrogen-bond acceptors (Lipinski definition) is 4. The fraction of sp³-hybridized carbons (Fsp3) is 0.976. The van der Waals surface area contributed by atoms with E-state index in [0.717, 1.165) is 32.1 Å². The lowest BCUT2D eigenvalue weighted by molar-refractivity contribution is -0.131. The quantitative estimate of drug-likeness (QED) is 0.0491. The van der Waals surface area contributed by atoms with Crippen molar-refractivity contribution in [2.24, 2.45) is 0 Å². The van der Waals surface area contributed by atoms with Gasteiger partial charge in [0.15, 0.2) is 0 Å². The molecule has 0 bridgehead atoms. The standard InChI is InChI=1S/C42H85NO4/c1-3-5-7-9-11-13-14-15-16-17-18-19-20-21-22-23-24-25-26-27-29-30-32-34-36-40(45)39(38-44)43-42(47)41(46)37-35-33-31-28-12-10-8-6-4-2/h39-41,44-46H,3-38H2,1-2H3,(H,43,47). The topological polar surface area (TPSA) is 89.8 Å². The lowest BCUT2D eigenvalue weighted by Gasteiger charge is -2.23. The predicted octanol–water partition coefficient (Wildman–Crippen LogP) is 11.9. The maximum Gasteiger partial charge on any atom is 0.249 e. The minimum Gasteiger partial charge on any atom is -0.394 e. The van der Waals surface area contributed by atoms with Gasteiger partial charge in [0, 0.05) is 0 Å². The minimum absolute atomic E-state index is 0.308. The van der Waals surface area contributed by atoms with Gasteiger partial charge in [0.05, 0.1) is 18.8 Å². The molecule has 5 nitrogen and oxygen atoms in total. The van der Waals surface area contributed by atoms with Gasteiger partial charge in [0.2, 0.25) is 5.91 Å². The highest BCUT2D eigenvalue weighted by Crippen LogP contribution is 2.17. The highest BCUT2D eigenvalue weighted by molar-refractivity contribution is 5.80. The summed E-state index contributed by atoms with van der Waals surface area (Å²) in [4.78, 5) is 12.4. The predicted molar refractivity (Wildman–Crippen MR) is 204 cm³/mol. The third kappa shape index (κ3) is 33.6. The van der Waals surface area contributed by atoms with Gasteiger partial charge in [-0.25, -0.2) is 0 Å². The number of aliphatic hydroxyl groups excluding tert-OH is 3.